The predicted octanol–water partition coefficient (Wildman–Crippen LogP) is 1.96. The zero-order valence-corrected chi connectivity index (χ0v) is 14.3. The number of rotatable bonds is 8. The van der Waals surface area contributed by atoms with Crippen LogP contribution in [0.4, 0.5) is 0 Å². The van der Waals surface area contributed by atoms with Crippen molar-refractivity contribution in [2.24, 2.45) is 17.6 Å². The van der Waals surface area contributed by atoms with Crippen molar-refractivity contribution in [3.05, 3.63) is 0 Å². The summed E-state index contributed by atoms with van der Waals surface area (Å²) in [5.74, 6) is 1.33. The largest absolute Gasteiger partial charge is 0.390 e. The van der Waals surface area contributed by atoms with E-state index in [0.717, 1.165) is 32.0 Å². The van der Waals surface area contributed by atoms with Crippen LogP contribution in [0.3, 0.4) is 0 Å². The Morgan fingerprint density at radius 2 is 1.77 bits per heavy atom. The molecule has 132 valence electrons. The lowest BCUT2D eigenvalue weighted by Crippen LogP contribution is -2.44. The molecule has 3 atom stereocenters. The van der Waals surface area contributed by atoms with Crippen LogP contribution in [-0.4, -0.2) is 56.9 Å². The van der Waals surface area contributed by atoms with Crippen molar-refractivity contribution in [3.8, 4) is 0 Å². The van der Waals surface area contributed by atoms with Gasteiger partial charge in [-0.3, -0.25) is 0 Å². The van der Waals surface area contributed by atoms with Gasteiger partial charge in [-0.15, -0.1) is 0 Å². The molecule has 2 aliphatic rings. The second-order valence-corrected chi connectivity index (χ2v) is 6.22. The van der Waals surface area contributed by atoms with Crippen molar-refractivity contribution < 1.29 is 19.3 Å². The van der Waals surface area contributed by atoms with Gasteiger partial charge in [0, 0.05) is 19.8 Å². The smallest absolute Gasteiger partial charge is 0.0830 e. The Kier molecular flexibility index (Phi) is 11.1. The summed E-state index contributed by atoms with van der Waals surface area (Å²) in [6.07, 6.45) is 6.01. The van der Waals surface area contributed by atoms with E-state index in [0.29, 0.717) is 32.3 Å². The molecular weight excluding hydrogens is 282 g/mol. The molecule has 3 unspecified atom stereocenters. The first-order valence-electron chi connectivity index (χ1n) is 8.85. The number of hydrogen-bond donors (Lipinski definition) is 2. The molecule has 2 rings (SSSR count). The SMILES string of the molecule is CC1OCCC(C2CCC2)C1O.CCCOCCOCCN. The second kappa shape index (κ2) is 12.3. The van der Waals surface area contributed by atoms with Crippen LogP contribution >= 0.6 is 0 Å². The summed E-state index contributed by atoms with van der Waals surface area (Å²) >= 11 is 0. The zero-order chi connectivity index (χ0) is 16.2. The second-order valence-electron chi connectivity index (χ2n) is 6.22. The topological polar surface area (TPSA) is 73.9 Å². The molecule has 0 aromatic carbocycles. The van der Waals surface area contributed by atoms with Gasteiger partial charge in [0.25, 0.3) is 0 Å². The molecule has 1 aliphatic heterocycles. The molecule has 0 spiro atoms. The van der Waals surface area contributed by atoms with Gasteiger partial charge in [0.05, 0.1) is 32.0 Å². The van der Waals surface area contributed by atoms with Crippen LogP contribution in [-0.2, 0) is 14.2 Å². The van der Waals surface area contributed by atoms with Gasteiger partial charge in [-0.05, 0) is 31.6 Å². The van der Waals surface area contributed by atoms with E-state index in [2.05, 4.69) is 6.92 Å². The van der Waals surface area contributed by atoms with Gasteiger partial charge < -0.3 is 25.1 Å². The van der Waals surface area contributed by atoms with Gasteiger partial charge in [0.15, 0.2) is 0 Å². The normalized spacial score (nSPS) is 28.6. The van der Waals surface area contributed by atoms with Crippen LogP contribution < -0.4 is 5.73 Å². The molecule has 0 bridgehead atoms. The predicted molar refractivity (Wildman–Crippen MR) is 87.9 cm³/mol. The maximum atomic E-state index is 9.85. The maximum absolute atomic E-state index is 9.85. The lowest BCUT2D eigenvalue weighted by Gasteiger charge is -2.41. The van der Waals surface area contributed by atoms with E-state index in [1.807, 2.05) is 6.92 Å². The molecule has 1 aliphatic carbocycles. The van der Waals surface area contributed by atoms with Crippen molar-refractivity contribution in [1.82, 2.24) is 0 Å². The molecule has 0 aromatic rings. The third-order valence-electron chi connectivity index (χ3n) is 4.49. The van der Waals surface area contributed by atoms with E-state index in [4.69, 9.17) is 19.9 Å². The Labute approximate surface area is 135 Å². The van der Waals surface area contributed by atoms with Crippen molar-refractivity contribution in [1.29, 1.82) is 0 Å². The van der Waals surface area contributed by atoms with E-state index < -0.39 is 0 Å². The molecular formula is C17H35NO4. The first kappa shape index (κ1) is 19.8. The summed E-state index contributed by atoms with van der Waals surface area (Å²) < 4.78 is 15.6. The highest BCUT2D eigenvalue weighted by molar-refractivity contribution is 4.87. The van der Waals surface area contributed by atoms with Crippen molar-refractivity contribution in [2.45, 2.75) is 58.2 Å². The van der Waals surface area contributed by atoms with Crippen molar-refractivity contribution in [2.75, 3.05) is 39.6 Å². The highest BCUT2D eigenvalue weighted by atomic mass is 16.5. The lowest BCUT2D eigenvalue weighted by molar-refractivity contribution is -0.118. The Bertz CT molecular complexity index is 253. The third kappa shape index (κ3) is 7.38. The van der Waals surface area contributed by atoms with E-state index in [-0.39, 0.29) is 12.2 Å². The maximum Gasteiger partial charge on any atom is 0.0830 e. The lowest BCUT2D eigenvalue weighted by atomic mass is 9.71. The number of hydrogen-bond acceptors (Lipinski definition) is 5. The summed E-state index contributed by atoms with van der Waals surface area (Å²) in [7, 11) is 0. The van der Waals surface area contributed by atoms with E-state index >= 15 is 0 Å². The zero-order valence-electron chi connectivity index (χ0n) is 14.3. The highest BCUT2D eigenvalue weighted by Gasteiger charge is 2.37. The Balaban J connectivity index is 0.000000225. The van der Waals surface area contributed by atoms with Crippen LogP contribution in [0, 0.1) is 11.8 Å². The molecule has 2 fully saturated rings. The van der Waals surface area contributed by atoms with Gasteiger partial charge >= 0.3 is 0 Å². The molecule has 5 nitrogen and oxygen atoms in total. The summed E-state index contributed by atoms with van der Waals surface area (Å²) in [6.45, 7) is 8.32. The van der Waals surface area contributed by atoms with Gasteiger partial charge in [-0.25, -0.2) is 0 Å². The van der Waals surface area contributed by atoms with Crippen LogP contribution in [0.1, 0.15) is 46.0 Å². The summed E-state index contributed by atoms with van der Waals surface area (Å²) in [5, 5.41) is 9.85. The Morgan fingerprint density at radius 3 is 2.32 bits per heavy atom. The Hall–Kier alpha value is -0.200. The Morgan fingerprint density at radius 1 is 1.09 bits per heavy atom. The number of aliphatic hydroxyl groups is 1. The molecule has 0 aromatic heterocycles. The molecule has 1 heterocycles. The summed E-state index contributed by atoms with van der Waals surface area (Å²) in [4.78, 5) is 0. The van der Waals surface area contributed by atoms with Gasteiger partial charge in [0.1, 0.15) is 0 Å². The molecule has 1 saturated carbocycles. The van der Waals surface area contributed by atoms with E-state index in [1.165, 1.54) is 19.3 Å². The van der Waals surface area contributed by atoms with Gasteiger partial charge in [0.2, 0.25) is 0 Å². The van der Waals surface area contributed by atoms with E-state index in [1.54, 1.807) is 0 Å². The number of aliphatic hydroxyl groups excluding tert-OH is 1. The fraction of sp³-hybridized carbons (Fsp3) is 1.00. The first-order valence-corrected chi connectivity index (χ1v) is 8.85. The minimum atomic E-state index is -0.205. The average Bonchev–Trinajstić information content (AvgIpc) is 2.46. The first-order chi connectivity index (χ1) is 10.7. The van der Waals surface area contributed by atoms with Crippen LogP contribution in [0.2, 0.25) is 0 Å². The highest BCUT2D eigenvalue weighted by Crippen LogP contribution is 2.39. The minimum Gasteiger partial charge on any atom is -0.390 e. The molecule has 0 amide bonds. The molecule has 0 radical (unpaired) electrons. The van der Waals surface area contributed by atoms with Crippen molar-refractivity contribution in [3.63, 3.8) is 0 Å². The van der Waals surface area contributed by atoms with Gasteiger partial charge in [-0.2, -0.15) is 0 Å². The van der Waals surface area contributed by atoms with Gasteiger partial charge in [-0.1, -0.05) is 26.2 Å². The fourth-order valence-corrected chi connectivity index (χ4v) is 2.94. The number of nitrogens with two attached hydrogens (primary N) is 1. The van der Waals surface area contributed by atoms with Crippen LogP contribution in [0.5, 0.6) is 0 Å². The van der Waals surface area contributed by atoms with Crippen molar-refractivity contribution >= 4 is 0 Å². The fourth-order valence-electron chi connectivity index (χ4n) is 2.94. The third-order valence-corrected chi connectivity index (χ3v) is 4.49. The number of ether oxygens (including phenoxy) is 3. The average molecular weight is 317 g/mol. The van der Waals surface area contributed by atoms with Crippen LogP contribution in [0.25, 0.3) is 0 Å². The molecule has 1 saturated heterocycles. The summed E-state index contributed by atoms with van der Waals surface area (Å²) in [6, 6.07) is 0. The monoisotopic (exact) mass is 317 g/mol. The standard InChI is InChI=1S/C10H18O2.C7H17NO2/c1-7-10(11)9(5-6-12-7)8-3-2-4-8;1-2-4-9-6-7-10-5-3-8/h7-11H,2-6H2,1H3;2-8H2,1H3. The molecule has 22 heavy (non-hydrogen) atoms. The molecule has 3 N–H and O–H groups in total. The minimum absolute atomic E-state index is 0.0596. The van der Waals surface area contributed by atoms with E-state index in [9.17, 15) is 5.11 Å². The molecule has 5 heteroatoms. The van der Waals surface area contributed by atoms with Crippen LogP contribution in [0.15, 0.2) is 0 Å². The quantitative estimate of drug-likeness (QED) is 0.670. The summed E-state index contributed by atoms with van der Waals surface area (Å²) in [5.41, 5.74) is 5.20.